The summed E-state index contributed by atoms with van der Waals surface area (Å²) < 4.78 is 5.37. The summed E-state index contributed by atoms with van der Waals surface area (Å²) in [6.45, 7) is 4.74. The van der Waals surface area contributed by atoms with Crippen molar-refractivity contribution in [3.8, 4) is 16.3 Å². The lowest BCUT2D eigenvalue weighted by molar-refractivity contribution is 0.0983. The number of unbranched alkanes of at least 4 members (excludes halogenated alkanes) is 1. The number of hydrogen-bond acceptors (Lipinski definition) is 5. The summed E-state index contributed by atoms with van der Waals surface area (Å²) in [7, 11) is 1.57. The van der Waals surface area contributed by atoms with E-state index in [1.807, 2.05) is 43.3 Å². The fourth-order valence-corrected chi connectivity index (χ4v) is 3.77. The number of nitrogens with zero attached hydrogens (tertiary/aromatic N) is 3. The maximum Gasteiger partial charge on any atom is 0.263 e. The van der Waals surface area contributed by atoms with E-state index in [0.29, 0.717) is 23.0 Å². The first kappa shape index (κ1) is 19.0. The number of aromatic nitrogens is 2. The van der Waals surface area contributed by atoms with Crippen LogP contribution in [-0.4, -0.2) is 29.8 Å². The van der Waals surface area contributed by atoms with Crippen LogP contribution in [-0.2, 0) is 0 Å². The molecule has 2 aromatic carbocycles. The molecule has 0 aliphatic heterocycles. The van der Waals surface area contributed by atoms with Crippen LogP contribution in [0.3, 0.4) is 0 Å². The zero-order valence-electron chi connectivity index (χ0n) is 15.8. The van der Waals surface area contributed by atoms with Crippen molar-refractivity contribution in [1.29, 1.82) is 0 Å². The summed E-state index contributed by atoms with van der Waals surface area (Å²) in [5.74, 6) is 0.445. The third-order valence-electron chi connectivity index (χ3n) is 4.34. The highest BCUT2D eigenvalue weighted by atomic mass is 32.1. The Morgan fingerprint density at radius 2 is 1.85 bits per heavy atom. The van der Waals surface area contributed by atoms with E-state index in [2.05, 4.69) is 17.1 Å². The van der Waals surface area contributed by atoms with E-state index in [1.165, 1.54) is 11.3 Å². The summed E-state index contributed by atoms with van der Waals surface area (Å²) in [5, 5.41) is 10.1. The Bertz CT molecular complexity index is 923. The second-order valence-corrected chi connectivity index (χ2v) is 7.17. The predicted molar refractivity (Wildman–Crippen MR) is 110 cm³/mol. The molecule has 6 heteroatoms. The van der Waals surface area contributed by atoms with Gasteiger partial charge in [-0.3, -0.25) is 9.69 Å². The Hall–Kier alpha value is -2.73. The first-order chi connectivity index (χ1) is 13.2. The molecule has 140 valence electrons. The van der Waals surface area contributed by atoms with Crippen LogP contribution in [0.4, 0.5) is 5.13 Å². The van der Waals surface area contributed by atoms with Gasteiger partial charge in [0.25, 0.3) is 5.91 Å². The van der Waals surface area contributed by atoms with Crippen LogP contribution in [0.25, 0.3) is 10.6 Å². The minimum absolute atomic E-state index is 0.117. The smallest absolute Gasteiger partial charge is 0.263 e. The van der Waals surface area contributed by atoms with Gasteiger partial charge < -0.3 is 4.74 Å². The minimum Gasteiger partial charge on any atom is -0.496 e. The molecule has 0 bridgehead atoms. The van der Waals surface area contributed by atoms with Crippen LogP contribution in [0.15, 0.2) is 48.5 Å². The van der Waals surface area contributed by atoms with Crippen molar-refractivity contribution >= 4 is 22.4 Å². The number of rotatable bonds is 7. The van der Waals surface area contributed by atoms with Crippen molar-refractivity contribution in [2.24, 2.45) is 0 Å². The number of carbonyl (C=O) groups excluding carboxylic acids is 1. The van der Waals surface area contributed by atoms with Gasteiger partial charge in [-0.05, 0) is 31.0 Å². The van der Waals surface area contributed by atoms with Crippen LogP contribution < -0.4 is 9.64 Å². The van der Waals surface area contributed by atoms with Crippen molar-refractivity contribution in [1.82, 2.24) is 10.2 Å². The number of ether oxygens (including phenoxy) is 1. The van der Waals surface area contributed by atoms with E-state index in [4.69, 9.17) is 4.74 Å². The van der Waals surface area contributed by atoms with E-state index in [-0.39, 0.29) is 5.91 Å². The standard InChI is InChI=1S/C21H23N3O2S/c1-4-5-14-24(20(25)17-12-8-9-13-18(17)26-3)21-23-22-19(27-21)16-11-7-6-10-15(16)2/h6-13H,4-5,14H2,1-3H3. The largest absolute Gasteiger partial charge is 0.496 e. The van der Waals surface area contributed by atoms with E-state index in [1.54, 1.807) is 24.1 Å². The summed E-state index contributed by atoms with van der Waals surface area (Å²) in [6, 6.07) is 15.3. The quantitative estimate of drug-likeness (QED) is 0.580. The molecular formula is C21H23N3O2S. The van der Waals surface area contributed by atoms with Gasteiger partial charge in [0.2, 0.25) is 5.13 Å². The molecule has 27 heavy (non-hydrogen) atoms. The van der Waals surface area contributed by atoms with E-state index in [9.17, 15) is 4.79 Å². The highest BCUT2D eigenvalue weighted by Gasteiger charge is 2.24. The number of para-hydroxylation sites is 1. The van der Waals surface area contributed by atoms with Gasteiger partial charge in [0.1, 0.15) is 10.8 Å². The summed E-state index contributed by atoms with van der Waals surface area (Å²) in [4.78, 5) is 14.9. The highest BCUT2D eigenvalue weighted by Crippen LogP contribution is 2.32. The molecule has 3 aromatic rings. The van der Waals surface area contributed by atoms with Gasteiger partial charge in [-0.2, -0.15) is 0 Å². The molecule has 0 atom stereocenters. The maximum atomic E-state index is 13.2. The average Bonchev–Trinajstić information content (AvgIpc) is 3.18. The van der Waals surface area contributed by atoms with E-state index < -0.39 is 0 Å². The molecule has 1 amide bonds. The van der Waals surface area contributed by atoms with Crippen molar-refractivity contribution in [3.63, 3.8) is 0 Å². The zero-order chi connectivity index (χ0) is 19.2. The number of amides is 1. The van der Waals surface area contributed by atoms with Crippen LogP contribution >= 0.6 is 11.3 Å². The van der Waals surface area contributed by atoms with Crippen LogP contribution in [0, 0.1) is 6.92 Å². The Balaban J connectivity index is 1.96. The molecule has 0 radical (unpaired) electrons. The zero-order valence-corrected chi connectivity index (χ0v) is 16.6. The lowest BCUT2D eigenvalue weighted by atomic mass is 10.1. The normalized spacial score (nSPS) is 10.6. The van der Waals surface area contributed by atoms with Gasteiger partial charge in [-0.25, -0.2) is 0 Å². The molecule has 0 aliphatic carbocycles. The highest BCUT2D eigenvalue weighted by molar-refractivity contribution is 7.18. The maximum absolute atomic E-state index is 13.2. The monoisotopic (exact) mass is 381 g/mol. The van der Waals surface area contributed by atoms with Crippen molar-refractivity contribution in [2.45, 2.75) is 26.7 Å². The number of anilines is 1. The van der Waals surface area contributed by atoms with Crippen molar-refractivity contribution in [2.75, 3.05) is 18.6 Å². The Labute approximate surface area is 163 Å². The molecule has 0 saturated carbocycles. The number of carbonyl (C=O) groups is 1. The second-order valence-electron chi connectivity index (χ2n) is 6.22. The third-order valence-corrected chi connectivity index (χ3v) is 5.32. The molecule has 0 aliphatic rings. The van der Waals surface area contributed by atoms with Gasteiger partial charge in [0.15, 0.2) is 0 Å². The number of hydrogen-bond donors (Lipinski definition) is 0. The average molecular weight is 382 g/mol. The molecule has 0 N–H and O–H groups in total. The molecular weight excluding hydrogens is 358 g/mol. The van der Waals surface area contributed by atoms with Gasteiger partial charge in [0.05, 0.1) is 12.7 Å². The van der Waals surface area contributed by atoms with Crippen molar-refractivity contribution < 1.29 is 9.53 Å². The lowest BCUT2D eigenvalue weighted by Crippen LogP contribution is -2.32. The predicted octanol–water partition coefficient (Wildman–Crippen LogP) is 4.97. The van der Waals surface area contributed by atoms with Crippen LogP contribution in [0.1, 0.15) is 35.7 Å². The van der Waals surface area contributed by atoms with Crippen LogP contribution in [0.5, 0.6) is 5.75 Å². The Morgan fingerprint density at radius 3 is 2.59 bits per heavy atom. The molecule has 5 nitrogen and oxygen atoms in total. The second kappa shape index (κ2) is 8.77. The van der Waals surface area contributed by atoms with E-state index >= 15 is 0 Å². The molecule has 1 aromatic heterocycles. The van der Waals surface area contributed by atoms with Crippen LogP contribution in [0.2, 0.25) is 0 Å². The fourth-order valence-electron chi connectivity index (χ4n) is 2.81. The fraction of sp³-hybridized carbons (Fsp3) is 0.286. The molecule has 0 spiro atoms. The summed E-state index contributed by atoms with van der Waals surface area (Å²) >= 11 is 1.44. The van der Waals surface area contributed by atoms with Gasteiger partial charge in [-0.1, -0.05) is 61.1 Å². The summed E-state index contributed by atoms with van der Waals surface area (Å²) in [6.07, 6.45) is 1.87. The molecule has 0 unspecified atom stereocenters. The topological polar surface area (TPSA) is 55.3 Å². The molecule has 0 saturated heterocycles. The first-order valence-electron chi connectivity index (χ1n) is 9.00. The molecule has 1 heterocycles. The van der Waals surface area contributed by atoms with Gasteiger partial charge in [-0.15, -0.1) is 10.2 Å². The number of benzene rings is 2. The SMILES string of the molecule is CCCCN(C(=O)c1ccccc1OC)c1nnc(-c2ccccc2C)s1. The first-order valence-corrected chi connectivity index (χ1v) is 9.81. The van der Waals surface area contributed by atoms with E-state index in [0.717, 1.165) is 29.0 Å². The Kier molecular flexibility index (Phi) is 6.19. The van der Waals surface area contributed by atoms with Gasteiger partial charge in [0, 0.05) is 12.1 Å². The summed E-state index contributed by atoms with van der Waals surface area (Å²) in [5.41, 5.74) is 2.71. The Morgan fingerprint density at radius 1 is 1.11 bits per heavy atom. The third kappa shape index (κ3) is 4.17. The number of methoxy groups -OCH3 is 1. The van der Waals surface area contributed by atoms with Crippen molar-refractivity contribution in [3.05, 3.63) is 59.7 Å². The lowest BCUT2D eigenvalue weighted by Gasteiger charge is -2.20. The minimum atomic E-state index is -0.117. The van der Waals surface area contributed by atoms with Gasteiger partial charge >= 0.3 is 0 Å². The molecule has 3 rings (SSSR count). The molecule has 0 fully saturated rings. The number of aryl methyl sites for hydroxylation is 1.